The summed E-state index contributed by atoms with van der Waals surface area (Å²) in [5.74, 6) is 2.90. The Hall–Kier alpha value is -0.710. The molecule has 1 aromatic rings. The van der Waals surface area contributed by atoms with Crippen LogP contribution in [0.25, 0.3) is 0 Å². The van der Waals surface area contributed by atoms with Gasteiger partial charge in [0, 0.05) is 29.7 Å². The van der Waals surface area contributed by atoms with E-state index in [1.807, 2.05) is 11.8 Å². The zero-order chi connectivity index (χ0) is 13.8. The van der Waals surface area contributed by atoms with E-state index in [-0.39, 0.29) is 5.78 Å². The van der Waals surface area contributed by atoms with Gasteiger partial charge in [0.15, 0.2) is 5.78 Å². The summed E-state index contributed by atoms with van der Waals surface area (Å²) in [6, 6.07) is 5.66. The minimum atomic E-state index is 0.114. The summed E-state index contributed by atoms with van der Waals surface area (Å²) in [4.78, 5) is 14.5. The molecule has 0 amide bonds. The monoisotopic (exact) mass is 299 g/mol. The quantitative estimate of drug-likeness (QED) is 0.800. The van der Waals surface area contributed by atoms with E-state index in [0.717, 1.165) is 18.1 Å². The number of thioether (sulfide) groups is 1. The first-order valence-corrected chi connectivity index (χ1v) is 7.83. The van der Waals surface area contributed by atoms with Crippen LogP contribution in [0.2, 0.25) is 5.02 Å². The summed E-state index contributed by atoms with van der Waals surface area (Å²) < 4.78 is 5.09. The molecule has 1 unspecified atom stereocenters. The van der Waals surface area contributed by atoms with E-state index >= 15 is 0 Å². The van der Waals surface area contributed by atoms with Crippen LogP contribution in [-0.4, -0.2) is 48.4 Å². The molecule has 3 nitrogen and oxygen atoms in total. The molecule has 5 heteroatoms. The molecule has 1 saturated heterocycles. The average molecular weight is 300 g/mol. The molecule has 0 spiro atoms. The third-order valence-electron chi connectivity index (χ3n) is 3.33. The molecular formula is C14H18ClNO2S. The second-order valence-corrected chi connectivity index (χ2v) is 6.22. The molecule has 0 N–H and O–H groups in total. The van der Waals surface area contributed by atoms with Crippen molar-refractivity contribution < 1.29 is 9.53 Å². The van der Waals surface area contributed by atoms with Crippen LogP contribution < -0.4 is 4.74 Å². The Balaban J connectivity index is 2.05. The number of Topliss-reactive ketones (excluding diaryl/α,β-unsaturated/α-hetero) is 1. The summed E-state index contributed by atoms with van der Waals surface area (Å²) >= 11 is 8.00. The number of ketones is 1. The zero-order valence-electron chi connectivity index (χ0n) is 11.2. The maximum atomic E-state index is 12.3. The van der Waals surface area contributed by atoms with E-state index in [1.54, 1.807) is 25.3 Å². The lowest BCUT2D eigenvalue weighted by Crippen LogP contribution is -2.43. The highest BCUT2D eigenvalue weighted by molar-refractivity contribution is 7.99. The number of benzene rings is 1. The van der Waals surface area contributed by atoms with Crippen LogP contribution in [0.3, 0.4) is 0 Å². The van der Waals surface area contributed by atoms with Gasteiger partial charge in [-0.1, -0.05) is 11.6 Å². The standard InChI is InChI=1S/C14H18ClNO2S/c1-10-9-19-6-5-16(10)8-13(17)11-3-4-14(18-2)12(15)7-11/h3-4,7,10H,5-6,8-9H2,1-2H3. The van der Waals surface area contributed by atoms with Gasteiger partial charge in [0.05, 0.1) is 18.7 Å². The summed E-state index contributed by atoms with van der Waals surface area (Å²) in [6.45, 7) is 3.60. The first-order chi connectivity index (χ1) is 9.11. The molecule has 0 saturated carbocycles. The van der Waals surface area contributed by atoms with E-state index < -0.39 is 0 Å². The molecule has 104 valence electrons. The lowest BCUT2D eigenvalue weighted by Gasteiger charge is -2.32. The predicted molar refractivity (Wildman–Crippen MR) is 80.7 cm³/mol. The fraction of sp³-hybridized carbons (Fsp3) is 0.500. The fourth-order valence-electron chi connectivity index (χ4n) is 2.11. The van der Waals surface area contributed by atoms with Crippen molar-refractivity contribution in [3.8, 4) is 5.75 Å². The average Bonchev–Trinajstić information content (AvgIpc) is 2.41. The highest BCUT2D eigenvalue weighted by atomic mass is 35.5. The van der Waals surface area contributed by atoms with Gasteiger partial charge in [0.1, 0.15) is 5.75 Å². The van der Waals surface area contributed by atoms with E-state index in [2.05, 4.69) is 11.8 Å². The minimum Gasteiger partial charge on any atom is -0.495 e. The number of halogens is 1. The van der Waals surface area contributed by atoms with Crippen molar-refractivity contribution in [3.05, 3.63) is 28.8 Å². The van der Waals surface area contributed by atoms with Crippen LogP contribution in [0.1, 0.15) is 17.3 Å². The molecule has 1 fully saturated rings. The molecule has 0 aliphatic carbocycles. The van der Waals surface area contributed by atoms with Gasteiger partial charge >= 0.3 is 0 Å². The molecule has 1 aliphatic rings. The molecule has 0 aromatic heterocycles. The van der Waals surface area contributed by atoms with E-state index in [9.17, 15) is 4.79 Å². The first kappa shape index (κ1) is 14.7. The van der Waals surface area contributed by atoms with Crippen LogP contribution in [0.4, 0.5) is 0 Å². The number of hydrogen-bond donors (Lipinski definition) is 0. The third kappa shape index (κ3) is 3.65. The van der Waals surface area contributed by atoms with Crippen LogP contribution in [0.15, 0.2) is 18.2 Å². The van der Waals surface area contributed by atoms with Crippen molar-refractivity contribution in [3.63, 3.8) is 0 Å². The number of hydrogen-bond acceptors (Lipinski definition) is 4. The molecule has 2 rings (SSSR count). The Bertz CT molecular complexity index is 467. The summed E-state index contributed by atoms with van der Waals surface area (Å²) in [7, 11) is 1.57. The topological polar surface area (TPSA) is 29.5 Å². The minimum absolute atomic E-state index is 0.114. The second-order valence-electron chi connectivity index (χ2n) is 4.67. The molecule has 0 bridgehead atoms. The van der Waals surface area contributed by atoms with Crippen LogP contribution in [0.5, 0.6) is 5.75 Å². The normalized spacial score (nSPS) is 20.3. The van der Waals surface area contributed by atoms with Gasteiger partial charge < -0.3 is 4.74 Å². The van der Waals surface area contributed by atoms with Gasteiger partial charge in [0.2, 0.25) is 0 Å². The predicted octanol–water partition coefficient (Wildman–Crippen LogP) is 2.97. The molecule has 1 aliphatic heterocycles. The second kappa shape index (κ2) is 6.64. The lowest BCUT2D eigenvalue weighted by atomic mass is 10.1. The molecule has 19 heavy (non-hydrogen) atoms. The van der Waals surface area contributed by atoms with Crippen molar-refractivity contribution in [1.82, 2.24) is 4.90 Å². The largest absolute Gasteiger partial charge is 0.495 e. The molecule has 1 aromatic carbocycles. The molecular weight excluding hydrogens is 282 g/mol. The van der Waals surface area contributed by atoms with Crippen molar-refractivity contribution in [1.29, 1.82) is 0 Å². The summed E-state index contributed by atoms with van der Waals surface area (Å²) in [5, 5.41) is 0.482. The number of ether oxygens (including phenoxy) is 1. The Kier molecular flexibility index (Phi) is 5.13. The fourth-order valence-corrected chi connectivity index (χ4v) is 3.45. The maximum absolute atomic E-state index is 12.3. The smallest absolute Gasteiger partial charge is 0.176 e. The van der Waals surface area contributed by atoms with Crippen LogP contribution in [-0.2, 0) is 0 Å². The Labute approximate surface area is 123 Å². The van der Waals surface area contributed by atoms with Gasteiger partial charge in [-0.25, -0.2) is 0 Å². The molecule has 1 atom stereocenters. The number of carbonyl (C=O) groups excluding carboxylic acids is 1. The number of methoxy groups -OCH3 is 1. The number of nitrogens with zero attached hydrogens (tertiary/aromatic N) is 1. The molecule has 0 radical (unpaired) electrons. The van der Waals surface area contributed by atoms with E-state index in [1.165, 1.54) is 0 Å². The van der Waals surface area contributed by atoms with Gasteiger partial charge in [-0.3, -0.25) is 9.69 Å². The van der Waals surface area contributed by atoms with Crippen LogP contribution >= 0.6 is 23.4 Å². The number of carbonyl (C=O) groups is 1. The van der Waals surface area contributed by atoms with E-state index in [0.29, 0.717) is 28.9 Å². The van der Waals surface area contributed by atoms with Gasteiger partial charge in [0.25, 0.3) is 0 Å². The van der Waals surface area contributed by atoms with Gasteiger partial charge in [-0.05, 0) is 25.1 Å². The Morgan fingerprint density at radius 2 is 2.37 bits per heavy atom. The molecule has 1 heterocycles. The van der Waals surface area contributed by atoms with Gasteiger partial charge in [-0.2, -0.15) is 11.8 Å². The number of rotatable bonds is 4. The summed E-state index contributed by atoms with van der Waals surface area (Å²) in [5.41, 5.74) is 0.649. The Morgan fingerprint density at radius 1 is 1.58 bits per heavy atom. The van der Waals surface area contributed by atoms with Crippen molar-refractivity contribution >= 4 is 29.1 Å². The Morgan fingerprint density at radius 3 is 3.00 bits per heavy atom. The van der Waals surface area contributed by atoms with Crippen molar-refractivity contribution in [2.45, 2.75) is 13.0 Å². The van der Waals surface area contributed by atoms with Gasteiger partial charge in [-0.15, -0.1) is 0 Å². The van der Waals surface area contributed by atoms with Crippen molar-refractivity contribution in [2.24, 2.45) is 0 Å². The maximum Gasteiger partial charge on any atom is 0.176 e. The van der Waals surface area contributed by atoms with Crippen molar-refractivity contribution in [2.75, 3.05) is 31.7 Å². The lowest BCUT2D eigenvalue weighted by molar-refractivity contribution is 0.0911. The summed E-state index contributed by atoms with van der Waals surface area (Å²) in [6.07, 6.45) is 0. The highest BCUT2D eigenvalue weighted by Crippen LogP contribution is 2.25. The SMILES string of the molecule is COc1ccc(C(=O)CN2CCSCC2C)cc1Cl. The highest BCUT2D eigenvalue weighted by Gasteiger charge is 2.21. The van der Waals surface area contributed by atoms with E-state index in [4.69, 9.17) is 16.3 Å². The van der Waals surface area contributed by atoms with Crippen LogP contribution in [0, 0.1) is 0 Å². The third-order valence-corrected chi connectivity index (χ3v) is 4.81. The first-order valence-electron chi connectivity index (χ1n) is 6.30. The zero-order valence-corrected chi connectivity index (χ0v) is 12.8.